The van der Waals surface area contributed by atoms with Crippen LogP contribution in [0.2, 0.25) is 0 Å². The van der Waals surface area contributed by atoms with Crippen molar-refractivity contribution in [2.45, 2.75) is 6.92 Å². The van der Waals surface area contributed by atoms with Gasteiger partial charge in [0, 0.05) is 19.8 Å². The van der Waals surface area contributed by atoms with Gasteiger partial charge in [-0.3, -0.25) is 0 Å². The molecule has 0 aliphatic carbocycles. The molecule has 15 heavy (non-hydrogen) atoms. The van der Waals surface area contributed by atoms with Crippen LogP contribution in [0.3, 0.4) is 0 Å². The van der Waals surface area contributed by atoms with E-state index in [1.807, 2.05) is 31.2 Å². The van der Waals surface area contributed by atoms with E-state index in [0.29, 0.717) is 5.56 Å². The molecular weight excluding hydrogens is 246 g/mol. The summed E-state index contributed by atoms with van der Waals surface area (Å²) in [5.74, 6) is -0.876. The Bertz CT molecular complexity index is 506. The molecule has 1 N–H and O–H groups in total. The van der Waals surface area contributed by atoms with Crippen molar-refractivity contribution in [1.82, 2.24) is 0 Å². The van der Waals surface area contributed by atoms with Crippen LogP contribution in [0, 0.1) is 6.92 Å². The Labute approximate surface area is 101 Å². The van der Waals surface area contributed by atoms with Gasteiger partial charge in [0.25, 0.3) is 0 Å². The van der Waals surface area contributed by atoms with Gasteiger partial charge in [0.15, 0.2) is 0 Å². The monoisotopic (exact) mass is 255 g/mol. The molecule has 0 fully saturated rings. The molecule has 2 rings (SSSR count). The van der Waals surface area contributed by atoms with E-state index in [1.54, 1.807) is 12.1 Å². The summed E-state index contributed by atoms with van der Waals surface area (Å²) < 4.78 is 0. The molecule has 3 heteroatoms. The van der Waals surface area contributed by atoms with Crippen LogP contribution >= 0.6 is 0 Å². The molecule has 0 bridgehead atoms. The third-order valence-corrected chi connectivity index (χ3v) is 2.32. The van der Waals surface area contributed by atoms with Gasteiger partial charge >= 0.3 is 5.97 Å². The largest absolute Gasteiger partial charge is 0.478 e. The third-order valence-electron chi connectivity index (χ3n) is 2.32. The topological polar surface area (TPSA) is 37.3 Å². The first-order valence-corrected chi connectivity index (χ1v) is 4.41. The summed E-state index contributed by atoms with van der Waals surface area (Å²) in [5.41, 5.74) is 1.35. The Balaban J connectivity index is 0.00000112. The maximum absolute atomic E-state index is 10.8. The van der Waals surface area contributed by atoms with Crippen LogP contribution in [0.5, 0.6) is 0 Å². The summed E-state index contributed by atoms with van der Waals surface area (Å²) in [6.45, 7) is 1.93. The standard InChI is InChI=1S/C12H10O2.Ga/c1-8-6-10(12(13)14)7-9-4-2-3-5-11(8)9;/h2-7H,1H3,(H,13,14);. The van der Waals surface area contributed by atoms with Crippen molar-refractivity contribution in [1.29, 1.82) is 0 Å². The first-order chi connectivity index (χ1) is 6.68. The van der Waals surface area contributed by atoms with Gasteiger partial charge in [0.05, 0.1) is 5.56 Å². The second-order valence-corrected chi connectivity index (χ2v) is 3.32. The minimum absolute atomic E-state index is 0. The average Bonchev–Trinajstić information content (AvgIpc) is 2.17. The molecule has 0 saturated heterocycles. The van der Waals surface area contributed by atoms with E-state index >= 15 is 0 Å². The normalized spacial score (nSPS) is 9.67. The van der Waals surface area contributed by atoms with Crippen LogP contribution in [0.1, 0.15) is 15.9 Å². The molecular formula is C12H10GaO2. The maximum Gasteiger partial charge on any atom is 0.335 e. The van der Waals surface area contributed by atoms with Gasteiger partial charge in [-0.15, -0.1) is 0 Å². The van der Waals surface area contributed by atoms with E-state index < -0.39 is 5.97 Å². The van der Waals surface area contributed by atoms with Crippen molar-refractivity contribution in [3.8, 4) is 0 Å². The Morgan fingerprint density at radius 1 is 1.20 bits per heavy atom. The van der Waals surface area contributed by atoms with Crippen molar-refractivity contribution in [2.75, 3.05) is 0 Å². The fourth-order valence-corrected chi connectivity index (χ4v) is 1.63. The summed E-state index contributed by atoms with van der Waals surface area (Å²) in [6.07, 6.45) is 0. The third kappa shape index (κ3) is 2.25. The molecule has 0 aromatic heterocycles. The molecule has 0 heterocycles. The summed E-state index contributed by atoms with van der Waals surface area (Å²) in [5, 5.41) is 11.0. The van der Waals surface area contributed by atoms with Crippen molar-refractivity contribution in [2.24, 2.45) is 0 Å². The Hall–Kier alpha value is -1.19. The number of hydrogen-bond acceptors (Lipinski definition) is 1. The zero-order valence-electron chi connectivity index (χ0n) is 8.40. The number of carboxylic acids is 1. The second-order valence-electron chi connectivity index (χ2n) is 3.32. The van der Waals surface area contributed by atoms with Gasteiger partial charge in [-0.1, -0.05) is 24.3 Å². The zero-order chi connectivity index (χ0) is 10.1. The maximum atomic E-state index is 10.8. The molecule has 2 aromatic rings. The predicted molar refractivity (Wildman–Crippen MR) is 61.4 cm³/mol. The number of hydrogen-bond donors (Lipinski definition) is 1. The average molecular weight is 256 g/mol. The molecule has 2 aromatic carbocycles. The number of benzene rings is 2. The van der Waals surface area contributed by atoms with Crippen molar-refractivity contribution in [3.05, 3.63) is 47.5 Å². The van der Waals surface area contributed by atoms with E-state index in [2.05, 4.69) is 0 Å². The molecule has 0 aliphatic rings. The molecule has 3 radical (unpaired) electrons. The number of fused-ring (bicyclic) bond motifs is 1. The van der Waals surface area contributed by atoms with Gasteiger partial charge in [-0.05, 0) is 35.4 Å². The second kappa shape index (κ2) is 4.55. The van der Waals surface area contributed by atoms with Gasteiger partial charge in [-0.25, -0.2) is 4.79 Å². The van der Waals surface area contributed by atoms with E-state index in [9.17, 15) is 4.79 Å². The number of aryl methyl sites for hydroxylation is 1. The Morgan fingerprint density at radius 3 is 2.53 bits per heavy atom. The number of aromatic carboxylic acids is 1. The van der Waals surface area contributed by atoms with Gasteiger partial charge in [0.2, 0.25) is 0 Å². The van der Waals surface area contributed by atoms with Gasteiger partial charge < -0.3 is 5.11 Å². The fourth-order valence-electron chi connectivity index (χ4n) is 1.63. The van der Waals surface area contributed by atoms with Crippen LogP contribution in [0.25, 0.3) is 10.8 Å². The number of rotatable bonds is 1. The van der Waals surface area contributed by atoms with Crippen molar-refractivity contribution >= 4 is 36.5 Å². The molecule has 73 valence electrons. The first kappa shape index (κ1) is 11.9. The van der Waals surface area contributed by atoms with Crippen LogP contribution in [-0.4, -0.2) is 30.9 Å². The van der Waals surface area contributed by atoms with E-state index in [1.165, 1.54) is 0 Å². The summed E-state index contributed by atoms with van der Waals surface area (Å²) in [7, 11) is 0. The molecule has 0 aliphatic heterocycles. The SMILES string of the molecule is Cc1cc(C(=O)O)cc2ccccc12.[Ga]. The van der Waals surface area contributed by atoms with E-state index in [4.69, 9.17) is 5.11 Å². The van der Waals surface area contributed by atoms with Crippen LogP contribution in [0.15, 0.2) is 36.4 Å². The first-order valence-electron chi connectivity index (χ1n) is 4.41. The van der Waals surface area contributed by atoms with E-state index in [-0.39, 0.29) is 19.8 Å². The minimum atomic E-state index is -0.876. The molecule has 0 unspecified atom stereocenters. The summed E-state index contributed by atoms with van der Waals surface area (Å²) in [4.78, 5) is 10.8. The van der Waals surface area contributed by atoms with Crippen LogP contribution in [-0.2, 0) is 0 Å². The summed E-state index contributed by atoms with van der Waals surface area (Å²) in [6, 6.07) is 11.2. The molecule has 0 atom stereocenters. The molecule has 0 spiro atoms. The van der Waals surface area contributed by atoms with Crippen molar-refractivity contribution in [3.63, 3.8) is 0 Å². The van der Waals surface area contributed by atoms with Gasteiger partial charge in [0.1, 0.15) is 0 Å². The Morgan fingerprint density at radius 2 is 1.87 bits per heavy atom. The fraction of sp³-hybridized carbons (Fsp3) is 0.0833. The zero-order valence-corrected chi connectivity index (χ0v) is 10.8. The molecule has 0 amide bonds. The van der Waals surface area contributed by atoms with E-state index in [0.717, 1.165) is 16.3 Å². The van der Waals surface area contributed by atoms with Crippen molar-refractivity contribution < 1.29 is 9.90 Å². The summed E-state index contributed by atoms with van der Waals surface area (Å²) >= 11 is 0. The smallest absolute Gasteiger partial charge is 0.335 e. The number of carboxylic acid groups (broad SMARTS) is 1. The Kier molecular flexibility index (Phi) is 3.60. The van der Waals surface area contributed by atoms with Gasteiger partial charge in [-0.2, -0.15) is 0 Å². The quantitative estimate of drug-likeness (QED) is 0.795. The number of carbonyl (C=O) groups is 1. The minimum Gasteiger partial charge on any atom is -0.478 e. The predicted octanol–water partition coefficient (Wildman–Crippen LogP) is 2.47. The molecule has 0 saturated carbocycles. The molecule has 2 nitrogen and oxygen atoms in total. The van der Waals surface area contributed by atoms with Crippen LogP contribution in [0.4, 0.5) is 0 Å². The van der Waals surface area contributed by atoms with Crippen LogP contribution < -0.4 is 0 Å².